The predicted molar refractivity (Wildman–Crippen MR) is 136 cm³/mol. The summed E-state index contributed by atoms with van der Waals surface area (Å²) in [5, 5.41) is 3.58. The number of nitrogens with two attached hydrogens (primary N) is 1. The number of hydrogen-bond donors (Lipinski definition) is 2. The molecule has 1 aliphatic rings. The Kier molecular flexibility index (Phi) is 13.8. The van der Waals surface area contributed by atoms with Crippen molar-refractivity contribution in [2.75, 3.05) is 23.9 Å². The van der Waals surface area contributed by atoms with Gasteiger partial charge in [0, 0.05) is 13.7 Å². The number of hydrogen-bond acceptors (Lipinski definition) is 5. The van der Waals surface area contributed by atoms with E-state index in [2.05, 4.69) is 50.0 Å². The molecule has 2 unspecified atom stereocenters. The number of rotatable bonds is 7. The maximum absolute atomic E-state index is 11.7. The van der Waals surface area contributed by atoms with Crippen LogP contribution < -0.4 is 16.0 Å². The quantitative estimate of drug-likeness (QED) is 0.415. The van der Waals surface area contributed by atoms with Crippen LogP contribution in [0.15, 0.2) is 41.5 Å². The van der Waals surface area contributed by atoms with Crippen molar-refractivity contribution in [2.45, 2.75) is 81.1 Å². The Morgan fingerprint density at radius 1 is 1.23 bits per heavy atom. The minimum absolute atomic E-state index is 0.0486. The van der Waals surface area contributed by atoms with Crippen molar-refractivity contribution < 1.29 is 9.53 Å². The lowest BCUT2D eigenvalue weighted by Crippen LogP contribution is -2.45. The first-order valence-corrected chi connectivity index (χ1v) is 11.4. The molecular formula is C26H45N3O2. The van der Waals surface area contributed by atoms with Crippen molar-refractivity contribution in [3.05, 3.63) is 47.1 Å². The minimum atomic E-state index is -0.0486. The summed E-state index contributed by atoms with van der Waals surface area (Å²) in [5.41, 5.74) is 10.9. The smallest absolute Gasteiger partial charge is 0.155 e. The average Bonchev–Trinajstić information content (AvgIpc) is 3.11. The third kappa shape index (κ3) is 8.88. The number of nitrogens with zero attached hydrogens (tertiary/aromatic N) is 1. The molecule has 5 nitrogen and oxygen atoms in total. The topological polar surface area (TPSA) is 67.6 Å². The number of ketones is 1. The van der Waals surface area contributed by atoms with E-state index in [1.54, 1.807) is 14.0 Å². The largest absolute Gasteiger partial charge is 0.383 e. The molecule has 0 amide bonds. The van der Waals surface area contributed by atoms with Crippen molar-refractivity contribution in [1.29, 1.82) is 0 Å². The fourth-order valence-electron chi connectivity index (χ4n) is 3.12. The van der Waals surface area contributed by atoms with Gasteiger partial charge in [0.2, 0.25) is 0 Å². The Morgan fingerprint density at radius 3 is 2.26 bits per heavy atom. The number of fused-ring (bicyclic) bond motifs is 1. The number of allylic oxidation sites excluding steroid dienone is 2. The van der Waals surface area contributed by atoms with Gasteiger partial charge < -0.3 is 20.7 Å². The minimum Gasteiger partial charge on any atom is -0.383 e. The van der Waals surface area contributed by atoms with Crippen molar-refractivity contribution >= 4 is 17.2 Å². The number of Topliss-reactive ketones (excluding diaryl/α,β-unsaturated/α-hetero) is 1. The van der Waals surface area contributed by atoms with Crippen LogP contribution in [0.2, 0.25) is 0 Å². The second kappa shape index (κ2) is 14.8. The molecule has 0 bridgehead atoms. The number of carbonyl (C=O) groups is 1. The predicted octanol–water partition coefficient (Wildman–Crippen LogP) is 5.91. The SMILES string of the molecule is C/C=C(\C=C(\C)C(C)=O)C1Nc2ccc(CN)cc2N1C(C)COC.CC.CC(C)C. The molecule has 5 heteroatoms. The van der Waals surface area contributed by atoms with Crippen LogP contribution in [0.3, 0.4) is 0 Å². The average molecular weight is 432 g/mol. The Labute approximate surface area is 190 Å². The molecule has 1 heterocycles. The summed E-state index contributed by atoms with van der Waals surface area (Å²) in [6.07, 6.45) is 3.96. The monoisotopic (exact) mass is 431 g/mol. The molecule has 1 aliphatic heterocycles. The molecule has 1 aromatic carbocycles. The van der Waals surface area contributed by atoms with Crippen molar-refractivity contribution in [1.82, 2.24) is 0 Å². The lowest BCUT2D eigenvalue weighted by Gasteiger charge is -2.33. The first kappa shape index (κ1) is 28.9. The molecular weight excluding hydrogens is 386 g/mol. The Morgan fingerprint density at radius 2 is 1.81 bits per heavy atom. The summed E-state index contributed by atoms with van der Waals surface area (Å²) >= 11 is 0. The first-order valence-electron chi connectivity index (χ1n) is 11.4. The molecule has 31 heavy (non-hydrogen) atoms. The van der Waals surface area contributed by atoms with Crippen LogP contribution in [0.25, 0.3) is 0 Å². The van der Waals surface area contributed by atoms with E-state index in [0.717, 1.165) is 34.0 Å². The van der Waals surface area contributed by atoms with E-state index in [1.807, 2.05) is 45.9 Å². The number of anilines is 2. The second-order valence-electron chi connectivity index (χ2n) is 8.22. The Balaban J connectivity index is 0.00000134. The Bertz CT molecular complexity index is 735. The van der Waals surface area contributed by atoms with Gasteiger partial charge in [0.25, 0.3) is 0 Å². The molecule has 2 rings (SSSR count). The third-order valence-electron chi connectivity index (χ3n) is 4.62. The molecule has 0 aromatic heterocycles. The van der Waals surface area contributed by atoms with Crippen molar-refractivity contribution in [2.24, 2.45) is 11.7 Å². The normalized spacial score (nSPS) is 16.5. The van der Waals surface area contributed by atoms with E-state index in [1.165, 1.54) is 0 Å². The van der Waals surface area contributed by atoms with E-state index >= 15 is 0 Å². The molecule has 176 valence electrons. The van der Waals surface area contributed by atoms with Crippen LogP contribution in [0.1, 0.15) is 67.9 Å². The fourth-order valence-corrected chi connectivity index (χ4v) is 3.12. The number of methoxy groups -OCH3 is 1. The van der Waals surface area contributed by atoms with Gasteiger partial charge >= 0.3 is 0 Å². The standard InChI is InChI=1S/C20H29N3O2.C4H10.C2H6/c1-6-17(9-13(2)15(4)24)20-22-18-8-7-16(11-21)10-19(18)23(20)14(3)12-25-5;1-4(2)3;1-2/h6-10,14,20,22H,11-12,21H2,1-5H3;4H,1-3H3;1-2H3/b13-9-,17-6+;;. The van der Waals surface area contributed by atoms with Gasteiger partial charge in [0.1, 0.15) is 6.17 Å². The maximum Gasteiger partial charge on any atom is 0.155 e. The molecule has 0 saturated heterocycles. The highest BCUT2D eigenvalue weighted by Crippen LogP contribution is 2.39. The van der Waals surface area contributed by atoms with E-state index in [9.17, 15) is 4.79 Å². The summed E-state index contributed by atoms with van der Waals surface area (Å²) in [4.78, 5) is 14.0. The van der Waals surface area contributed by atoms with Crippen LogP contribution in [0.4, 0.5) is 11.4 Å². The summed E-state index contributed by atoms with van der Waals surface area (Å²) in [6.45, 7) is 19.2. The maximum atomic E-state index is 11.7. The number of nitrogens with one attached hydrogen (secondary N) is 1. The zero-order valence-corrected chi connectivity index (χ0v) is 21.4. The van der Waals surface area contributed by atoms with Gasteiger partial charge in [-0.2, -0.15) is 0 Å². The van der Waals surface area contributed by atoms with Crippen molar-refractivity contribution in [3.63, 3.8) is 0 Å². The lowest BCUT2D eigenvalue weighted by molar-refractivity contribution is -0.113. The number of carbonyl (C=O) groups excluding carboxylic acids is 1. The zero-order chi connectivity index (χ0) is 24.1. The Hall–Kier alpha value is -2.11. The summed E-state index contributed by atoms with van der Waals surface area (Å²) in [5.74, 6) is 0.914. The molecule has 0 saturated carbocycles. The van der Waals surface area contributed by atoms with E-state index in [-0.39, 0.29) is 18.0 Å². The van der Waals surface area contributed by atoms with Gasteiger partial charge in [0.15, 0.2) is 5.78 Å². The van der Waals surface area contributed by atoms with Gasteiger partial charge in [-0.3, -0.25) is 4.79 Å². The van der Waals surface area contributed by atoms with E-state index in [0.29, 0.717) is 13.2 Å². The highest BCUT2D eigenvalue weighted by molar-refractivity contribution is 5.93. The van der Waals surface area contributed by atoms with Gasteiger partial charge in [0.05, 0.1) is 24.0 Å². The molecule has 0 fully saturated rings. The van der Waals surface area contributed by atoms with Crippen LogP contribution in [-0.2, 0) is 16.1 Å². The molecule has 0 aliphatic carbocycles. The molecule has 0 radical (unpaired) electrons. The van der Waals surface area contributed by atoms with E-state index < -0.39 is 0 Å². The van der Waals surface area contributed by atoms with Crippen LogP contribution in [0.5, 0.6) is 0 Å². The van der Waals surface area contributed by atoms with Crippen LogP contribution in [-0.4, -0.2) is 31.7 Å². The van der Waals surface area contributed by atoms with Crippen LogP contribution >= 0.6 is 0 Å². The third-order valence-corrected chi connectivity index (χ3v) is 4.62. The summed E-state index contributed by atoms with van der Waals surface area (Å²) < 4.78 is 5.39. The molecule has 0 spiro atoms. The highest BCUT2D eigenvalue weighted by atomic mass is 16.5. The first-order chi connectivity index (χ1) is 14.7. The summed E-state index contributed by atoms with van der Waals surface area (Å²) in [7, 11) is 1.71. The summed E-state index contributed by atoms with van der Waals surface area (Å²) in [6, 6.07) is 6.40. The van der Waals surface area contributed by atoms with Gasteiger partial charge in [-0.15, -0.1) is 0 Å². The fraction of sp³-hybridized carbons (Fsp3) is 0.577. The van der Waals surface area contributed by atoms with Crippen LogP contribution in [0, 0.1) is 5.92 Å². The highest BCUT2D eigenvalue weighted by Gasteiger charge is 2.33. The van der Waals surface area contributed by atoms with Crippen molar-refractivity contribution in [3.8, 4) is 0 Å². The number of benzene rings is 1. The molecule has 2 atom stereocenters. The van der Waals surface area contributed by atoms with Gasteiger partial charge in [-0.25, -0.2) is 0 Å². The molecule has 3 N–H and O–H groups in total. The zero-order valence-electron chi connectivity index (χ0n) is 21.4. The number of ether oxygens (including phenoxy) is 1. The lowest BCUT2D eigenvalue weighted by atomic mass is 10.1. The second-order valence-corrected chi connectivity index (χ2v) is 8.22. The van der Waals surface area contributed by atoms with Gasteiger partial charge in [-0.05, 0) is 68.5 Å². The molecule has 1 aromatic rings. The van der Waals surface area contributed by atoms with E-state index in [4.69, 9.17) is 10.5 Å². The van der Waals surface area contributed by atoms with Gasteiger partial charge in [-0.1, -0.05) is 46.8 Å².